The highest BCUT2D eigenvalue weighted by molar-refractivity contribution is 5.89. The standard InChI is InChI=1S/C7H10N2O3/c10-6-4-2-1-3(8-4)5(9-6)7(11)12/h3-5,8H,1-2H2,(H,9,10)(H,11,12)/t3-,4+,5+/m1/s1. The number of hydrogen-bond acceptors (Lipinski definition) is 3. The number of carbonyl (C=O) groups is 2. The van der Waals surface area contributed by atoms with Crippen molar-refractivity contribution in [3.8, 4) is 0 Å². The third-order valence-electron chi connectivity index (χ3n) is 2.46. The first-order chi connectivity index (χ1) is 5.68. The maximum absolute atomic E-state index is 11.1. The van der Waals surface area contributed by atoms with Crippen molar-refractivity contribution in [2.45, 2.75) is 31.0 Å². The maximum atomic E-state index is 11.1. The number of hydrogen-bond donors (Lipinski definition) is 3. The molecule has 0 saturated carbocycles. The summed E-state index contributed by atoms with van der Waals surface area (Å²) in [6.45, 7) is 0. The van der Waals surface area contributed by atoms with Gasteiger partial charge in [-0.25, -0.2) is 4.79 Å². The molecule has 2 fully saturated rings. The molecule has 1 amide bonds. The van der Waals surface area contributed by atoms with Gasteiger partial charge in [0.15, 0.2) is 0 Å². The van der Waals surface area contributed by atoms with Crippen molar-refractivity contribution >= 4 is 11.9 Å². The van der Waals surface area contributed by atoms with E-state index in [0.717, 1.165) is 12.8 Å². The van der Waals surface area contributed by atoms with E-state index in [-0.39, 0.29) is 18.0 Å². The van der Waals surface area contributed by atoms with Crippen LogP contribution >= 0.6 is 0 Å². The normalized spacial score (nSPS) is 39.3. The number of piperazine rings is 1. The smallest absolute Gasteiger partial charge is 0.327 e. The van der Waals surface area contributed by atoms with E-state index >= 15 is 0 Å². The molecule has 0 aromatic carbocycles. The summed E-state index contributed by atoms with van der Waals surface area (Å²) in [5.41, 5.74) is 0. The van der Waals surface area contributed by atoms with Gasteiger partial charge in [0.25, 0.3) is 0 Å². The van der Waals surface area contributed by atoms with Gasteiger partial charge in [0.1, 0.15) is 6.04 Å². The average Bonchev–Trinajstić information content (AvgIpc) is 2.42. The van der Waals surface area contributed by atoms with Crippen LogP contribution in [0.5, 0.6) is 0 Å². The summed E-state index contributed by atoms with van der Waals surface area (Å²) in [6.07, 6.45) is 1.51. The summed E-state index contributed by atoms with van der Waals surface area (Å²) >= 11 is 0. The van der Waals surface area contributed by atoms with Crippen LogP contribution in [0.3, 0.4) is 0 Å². The molecule has 3 atom stereocenters. The Hall–Kier alpha value is -1.10. The van der Waals surface area contributed by atoms with Gasteiger partial charge in [-0.2, -0.15) is 0 Å². The van der Waals surface area contributed by atoms with Gasteiger partial charge in [-0.3, -0.25) is 4.79 Å². The van der Waals surface area contributed by atoms with Gasteiger partial charge in [-0.15, -0.1) is 0 Å². The number of fused-ring (bicyclic) bond motifs is 2. The van der Waals surface area contributed by atoms with E-state index in [4.69, 9.17) is 5.11 Å². The van der Waals surface area contributed by atoms with Crippen LogP contribution in [0.25, 0.3) is 0 Å². The van der Waals surface area contributed by atoms with Gasteiger partial charge in [0.05, 0.1) is 6.04 Å². The molecule has 66 valence electrons. The first-order valence-electron chi connectivity index (χ1n) is 3.98. The van der Waals surface area contributed by atoms with E-state index in [9.17, 15) is 9.59 Å². The van der Waals surface area contributed by atoms with Crippen molar-refractivity contribution in [3.63, 3.8) is 0 Å². The molecule has 2 aliphatic rings. The number of carbonyl (C=O) groups excluding carboxylic acids is 1. The molecular weight excluding hydrogens is 160 g/mol. The molecule has 0 aliphatic carbocycles. The van der Waals surface area contributed by atoms with Crippen molar-refractivity contribution < 1.29 is 14.7 Å². The van der Waals surface area contributed by atoms with Crippen LogP contribution in [0.4, 0.5) is 0 Å². The highest BCUT2D eigenvalue weighted by atomic mass is 16.4. The van der Waals surface area contributed by atoms with Gasteiger partial charge in [-0.05, 0) is 12.8 Å². The first kappa shape index (κ1) is 7.54. The zero-order valence-corrected chi connectivity index (χ0v) is 6.41. The monoisotopic (exact) mass is 170 g/mol. The lowest BCUT2D eigenvalue weighted by Gasteiger charge is -2.27. The Morgan fingerprint density at radius 2 is 2.25 bits per heavy atom. The zero-order chi connectivity index (χ0) is 8.72. The third-order valence-corrected chi connectivity index (χ3v) is 2.46. The van der Waals surface area contributed by atoms with E-state index < -0.39 is 12.0 Å². The van der Waals surface area contributed by atoms with Crippen molar-refractivity contribution in [1.82, 2.24) is 10.6 Å². The SMILES string of the molecule is O=C1N[C@H](C(=O)O)[C@H]2CC[C@@H]1N2. The van der Waals surface area contributed by atoms with Crippen molar-refractivity contribution in [3.05, 3.63) is 0 Å². The Balaban J connectivity index is 2.17. The van der Waals surface area contributed by atoms with Gasteiger partial charge < -0.3 is 15.7 Å². The predicted octanol–water partition coefficient (Wildman–Crippen LogP) is -1.31. The summed E-state index contributed by atoms with van der Waals surface area (Å²) in [7, 11) is 0. The fraction of sp³-hybridized carbons (Fsp3) is 0.714. The molecule has 2 bridgehead atoms. The topological polar surface area (TPSA) is 78.4 Å². The van der Waals surface area contributed by atoms with Gasteiger partial charge >= 0.3 is 5.97 Å². The van der Waals surface area contributed by atoms with E-state index in [0.29, 0.717) is 0 Å². The Kier molecular flexibility index (Phi) is 1.54. The van der Waals surface area contributed by atoms with E-state index in [1.165, 1.54) is 0 Å². The van der Waals surface area contributed by atoms with Crippen molar-refractivity contribution in [2.24, 2.45) is 0 Å². The Labute approximate surface area is 69.1 Å². The lowest BCUT2D eigenvalue weighted by molar-refractivity contribution is -0.144. The van der Waals surface area contributed by atoms with Crippen molar-refractivity contribution in [1.29, 1.82) is 0 Å². The highest BCUT2D eigenvalue weighted by Gasteiger charge is 2.43. The van der Waals surface area contributed by atoms with Crippen LogP contribution in [0.2, 0.25) is 0 Å². The zero-order valence-electron chi connectivity index (χ0n) is 6.41. The summed E-state index contributed by atoms with van der Waals surface area (Å²) < 4.78 is 0. The lowest BCUT2D eigenvalue weighted by Crippen LogP contribution is -2.61. The van der Waals surface area contributed by atoms with E-state index in [2.05, 4.69) is 10.6 Å². The van der Waals surface area contributed by atoms with Crippen LogP contribution in [0.15, 0.2) is 0 Å². The maximum Gasteiger partial charge on any atom is 0.327 e. The molecule has 0 spiro atoms. The minimum absolute atomic E-state index is 0.0785. The fourth-order valence-electron chi connectivity index (χ4n) is 1.83. The molecule has 0 unspecified atom stereocenters. The second-order valence-electron chi connectivity index (χ2n) is 3.23. The first-order valence-corrected chi connectivity index (χ1v) is 3.98. The van der Waals surface area contributed by atoms with Gasteiger partial charge in [0, 0.05) is 6.04 Å². The summed E-state index contributed by atoms with van der Waals surface area (Å²) in [4.78, 5) is 21.8. The third kappa shape index (κ3) is 0.972. The molecule has 0 aromatic heterocycles. The molecule has 2 rings (SSSR count). The molecule has 2 saturated heterocycles. The second-order valence-corrected chi connectivity index (χ2v) is 3.23. The summed E-state index contributed by atoms with van der Waals surface area (Å²) in [5.74, 6) is -1.14. The second kappa shape index (κ2) is 2.45. The molecule has 5 heteroatoms. The van der Waals surface area contributed by atoms with Crippen LogP contribution in [0.1, 0.15) is 12.8 Å². The van der Waals surface area contributed by atoms with Crippen LogP contribution < -0.4 is 10.6 Å². The molecule has 12 heavy (non-hydrogen) atoms. The van der Waals surface area contributed by atoms with Crippen LogP contribution in [-0.4, -0.2) is 35.1 Å². The number of nitrogens with one attached hydrogen (secondary N) is 2. The predicted molar refractivity (Wildman–Crippen MR) is 39.5 cm³/mol. The molecule has 3 N–H and O–H groups in total. The number of rotatable bonds is 1. The molecule has 0 radical (unpaired) electrons. The lowest BCUT2D eigenvalue weighted by atomic mass is 10.1. The highest BCUT2D eigenvalue weighted by Crippen LogP contribution is 2.20. The van der Waals surface area contributed by atoms with E-state index in [1.54, 1.807) is 0 Å². The van der Waals surface area contributed by atoms with Gasteiger partial charge in [0.2, 0.25) is 5.91 Å². The number of carboxylic acids is 1. The minimum Gasteiger partial charge on any atom is -0.480 e. The van der Waals surface area contributed by atoms with Crippen LogP contribution in [-0.2, 0) is 9.59 Å². The minimum atomic E-state index is -0.957. The Bertz CT molecular complexity index is 241. The fourth-order valence-corrected chi connectivity index (χ4v) is 1.83. The Morgan fingerprint density at radius 3 is 2.92 bits per heavy atom. The largest absolute Gasteiger partial charge is 0.480 e. The molecular formula is C7H10N2O3. The summed E-state index contributed by atoms with van der Waals surface area (Å²) in [6, 6.07) is -0.980. The summed E-state index contributed by atoms with van der Waals surface area (Å²) in [5, 5.41) is 14.2. The molecule has 5 nitrogen and oxygen atoms in total. The quantitative estimate of drug-likeness (QED) is 0.456. The molecule has 2 aliphatic heterocycles. The Morgan fingerprint density at radius 1 is 1.50 bits per heavy atom. The molecule has 2 heterocycles. The van der Waals surface area contributed by atoms with E-state index in [1.807, 2.05) is 0 Å². The average molecular weight is 170 g/mol. The molecule has 0 aromatic rings. The van der Waals surface area contributed by atoms with Gasteiger partial charge in [-0.1, -0.05) is 0 Å². The number of amides is 1. The van der Waals surface area contributed by atoms with Crippen molar-refractivity contribution in [2.75, 3.05) is 0 Å². The van der Waals surface area contributed by atoms with Crippen LogP contribution in [0, 0.1) is 0 Å². The number of aliphatic carboxylic acids is 1. The number of carboxylic acid groups (broad SMARTS) is 1.